The van der Waals surface area contributed by atoms with Crippen molar-refractivity contribution in [3.63, 3.8) is 0 Å². The highest BCUT2D eigenvalue weighted by Gasteiger charge is 2.25. The zero-order chi connectivity index (χ0) is 17.0. The Labute approximate surface area is 137 Å². The Morgan fingerprint density at radius 3 is 2.52 bits per heavy atom. The number of aliphatic hydroxyl groups is 1. The summed E-state index contributed by atoms with van der Waals surface area (Å²) in [4.78, 5) is 13.3. The first-order valence-corrected chi connectivity index (χ1v) is 8.32. The van der Waals surface area contributed by atoms with Gasteiger partial charge in [-0.05, 0) is 61.9 Å². The van der Waals surface area contributed by atoms with Crippen LogP contribution in [0.4, 0.5) is 0 Å². The van der Waals surface area contributed by atoms with Crippen molar-refractivity contribution >= 4 is 5.97 Å². The number of aromatic carboxylic acids is 1. The summed E-state index contributed by atoms with van der Waals surface area (Å²) in [5.74, 6) is -0.436. The number of carboxylic acid groups (broad SMARTS) is 1. The lowest BCUT2D eigenvalue weighted by molar-refractivity contribution is 0.0436. The van der Waals surface area contributed by atoms with Crippen LogP contribution < -0.4 is 0 Å². The predicted molar refractivity (Wildman–Crippen MR) is 88.5 cm³/mol. The highest BCUT2D eigenvalue weighted by atomic mass is 16.4. The molecule has 1 aliphatic heterocycles. The number of aliphatic hydroxyl groups excluding tert-OH is 1. The van der Waals surface area contributed by atoms with Gasteiger partial charge in [0.2, 0.25) is 0 Å². The van der Waals surface area contributed by atoms with Crippen molar-refractivity contribution < 1.29 is 20.1 Å². The molecule has 3 N–H and O–H groups in total. The van der Waals surface area contributed by atoms with Crippen LogP contribution in [0.3, 0.4) is 0 Å². The Morgan fingerprint density at radius 1 is 1.30 bits per heavy atom. The van der Waals surface area contributed by atoms with E-state index in [-0.39, 0.29) is 17.4 Å². The van der Waals surface area contributed by atoms with Crippen LogP contribution in [0.25, 0.3) is 0 Å². The number of hydrogen-bond acceptors (Lipinski definition) is 4. The lowest BCUT2D eigenvalue weighted by Crippen LogP contribution is -2.37. The van der Waals surface area contributed by atoms with Gasteiger partial charge in [0.1, 0.15) is 11.3 Å². The Balaban J connectivity index is 1.89. The zero-order valence-electron chi connectivity index (χ0n) is 13.9. The van der Waals surface area contributed by atoms with Crippen molar-refractivity contribution in [1.82, 2.24) is 4.90 Å². The summed E-state index contributed by atoms with van der Waals surface area (Å²) in [6.45, 7) is 6.74. The molecule has 1 aromatic rings. The summed E-state index contributed by atoms with van der Waals surface area (Å²) in [7, 11) is 0. The third kappa shape index (κ3) is 4.94. The first-order chi connectivity index (χ1) is 10.9. The quantitative estimate of drug-likeness (QED) is 0.750. The monoisotopic (exact) mass is 321 g/mol. The molecular formula is C18H27NO4. The number of benzene rings is 1. The van der Waals surface area contributed by atoms with E-state index in [0.717, 1.165) is 37.9 Å². The zero-order valence-corrected chi connectivity index (χ0v) is 13.9. The molecule has 0 spiro atoms. The molecule has 0 amide bonds. The molecule has 5 heteroatoms. The molecule has 0 bridgehead atoms. The van der Waals surface area contributed by atoms with Crippen LogP contribution in [0.15, 0.2) is 18.2 Å². The van der Waals surface area contributed by atoms with Gasteiger partial charge in [0.15, 0.2) is 0 Å². The number of carbonyl (C=O) groups is 1. The Morgan fingerprint density at radius 2 is 1.96 bits per heavy atom. The highest BCUT2D eigenvalue weighted by molar-refractivity contribution is 5.90. The van der Waals surface area contributed by atoms with Gasteiger partial charge in [0.05, 0.1) is 6.10 Å². The topological polar surface area (TPSA) is 81.0 Å². The molecule has 1 aromatic carbocycles. The van der Waals surface area contributed by atoms with E-state index >= 15 is 0 Å². The lowest BCUT2D eigenvalue weighted by Gasteiger charge is -2.34. The third-order valence-electron chi connectivity index (χ3n) is 4.59. The Bertz CT molecular complexity index is 536. The molecule has 0 radical (unpaired) electrons. The molecule has 128 valence electrons. The minimum Gasteiger partial charge on any atom is -0.507 e. The van der Waals surface area contributed by atoms with Gasteiger partial charge in [0, 0.05) is 6.54 Å². The van der Waals surface area contributed by atoms with E-state index in [4.69, 9.17) is 5.11 Å². The van der Waals surface area contributed by atoms with E-state index < -0.39 is 5.97 Å². The van der Waals surface area contributed by atoms with E-state index in [1.54, 1.807) is 6.07 Å². The number of aromatic hydroxyl groups is 1. The summed E-state index contributed by atoms with van der Waals surface area (Å²) in [5.41, 5.74) is 0.839. The number of nitrogens with zero attached hydrogens (tertiary/aromatic N) is 1. The summed E-state index contributed by atoms with van der Waals surface area (Å²) in [6.07, 6.45) is 2.57. The van der Waals surface area contributed by atoms with Gasteiger partial charge in [-0.15, -0.1) is 0 Å². The number of hydrogen-bond donors (Lipinski definition) is 3. The van der Waals surface area contributed by atoms with Crippen molar-refractivity contribution in [2.75, 3.05) is 13.1 Å². The molecule has 1 fully saturated rings. The molecule has 0 aliphatic carbocycles. The van der Waals surface area contributed by atoms with Gasteiger partial charge in [-0.3, -0.25) is 4.90 Å². The van der Waals surface area contributed by atoms with E-state index in [1.165, 1.54) is 12.1 Å². The standard InChI is InChI=1S/C18H27NO4/c1-12(2)9-17(21)14-5-7-19(8-6-14)11-13-3-4-16(20)15(10-13)18(22)23/h3-4,10,12,14,17,20-21H,5-9,11H2,1-2H3,(H,22,23)/t17-/m1/s1. The van der Waals surface area contributed by atoms with Crippen molar-refractivity contribution in [3.05, 3.63) is 29.3 Å². The van der Waals surface area contributed by atoms with Gasteiger partial charge in [-0.1, -0.05) is 19.9 Å². The maximum atomic E-state index is 11.1. The minimum atomic E-state index is -1.11. The number of piperidine rings is 1. The van der Waals surface area contributed by atoms with E-state index in [2.05, 4.69) is 18.7 Å². The molecule has 1 aliphatic rings. The first-order valence-electron chi connectivity index (χ1n) is 8.32. The van der Waals surface area contributed by atoms with Crippen molar-refractivity contribution in [2.24, 2.45) is 11.8 Å². The van der Waals surface area contributed by atoms with Crippen molar-refractivity contribution in [2.45, 2.75) is 45.8 Å². The Hall–Kier alpha value is -1.59. The second kappa shape index (κ2) is 7.79. The van der Waals surface area contributed by atoms with Crippen LogP contribution in [0, 0.1) is 11.8 Å². The fraction of sp³-hybridized carbons (Fsp3) is 0.611. The molecule has 1 saturated heterocycles. The fourth-order valence-electron chi connectivity index (χ4n) is 3.28. The maximum absolute atomic E-state index is 11.1. The summed E-state index contributed by atoms with van der Waals surface area (Å²) in [6, 6.07) is 4.75. The minimum absolute atomic E-state index is 0.0512. The van der Waals surface area contributed by atoms with E-state index in [9.17, 15) is 15.0 Å². The van der Waals surface area contributed by atoms with Gasteiger partial charge in [-0.2, -0.15) is 0 Å². The van der Waals surface area contributed by atoms with Crippen LogP contribution in [0.5, 0.6) is 5.75 Å². The van der Waals surface area contributed by atoms with Gasteiger partial charge < -0.3 is 15.3 Å². The first kappa shape index (κ1) is 17.8. The van der Waals surface area contributed by atoms with Crippen LogP contribution in [0.1, 0.15) is 49.0 Å². The van der Waals surface area contributed by atoms with E-state index in [1.807, 2.05) is 0 Å². The fourth-order valence-corrected chi connectivity index (χ4v) is 3.28. The average molecular weight is 321 g/mol. The Kier molecular flexibility index (Phi) is 6.02. The van der Waals surface area contributed by atoms with Gasteiger partial charge >= 0.3 is 5.97 Å². The largest absolute Gasteiger partial charge is 0.507 e. The predicted octanol–water partition coefficient (Wildman–Crippen LogP) is 2.71. The van der Waals surface area contributed by atoms with Crippen molar-refractivity contribution in [3.8, 4) is 5.75 Å². The number of rotatable bonds is 6. The second-order valence-electron chi connectivity index (χ2n) is 6.97. The SMILES string of the molecule is CC(C)C[C@@H](O)C1CCN(Cc2ccc(O)c(C(=O)O)c2)CC1. The van der Waals surface area contributed by atoms with Gasteiger partial charge in [-0.25, -0.2) is 4.79 Å². The molecule has 0 aromatic heterocycles. The molecular weight excluding hydrogens is 294 g/mol. The van der Waals surface area contributed by atoms with Crippen molar-refractivity contribution in [1.29, 1.82) is 0 Å². The maximum Gasteiger partial charge on any atom is 0.339 e. The van der Waals surface area contributed by atoms with Crippen LogP contribution in [0.2, 0.25) is 0 Å². The molecule has 0 unspecified atom stereocenters. The molecule has 0 saturated carbocycles. The second-order valence-corrected chi connectivity index (χ2v) is 6.97. The lowest BCUT2D eigenvalue weighted by atomic mass is 9.87. The molecule has 1 heterocycles. The summed E-state index contributed by atoms with van der Waals surface area (Å²) >= 11 is 0. The van der Waals surface area contributed by atoms with E-state index in [0.29, 0.717) is 18.4 Å². The van der Waals surface area contributed by atoms with Gasteiger partial charge in [0.25, 0.3) is 0 Å². The third-order valence-corrected chi connectivity index (χ3v) is 4.59. The smallest absolute Gasteiger partial charge is 0.339 e. The molecule has 1 atom stereocenters. The summed E-state index contributed by atoms with van der Waals surface area (Å²) < 4.78 is 0. The van der Waals surface area contributed by atoms with Crippen LogP contribution >= 0.6 is 0 Å². The summed E-state index contributed by atoms with van der Waals surface area (Å²) in [5, 5.41) is 28.9. The number of likely N-dealkylation sites (tertiary alicyclic amines) is 1. The number of carboxylic acids is 1. The van der Waals surface area contributed by atoms with Crippen LogP contribution in [-0.2, 0) is 6.54 Å². The van der Waals surface area contributed by atoms with Crippen LogP contribution in [-0.4, -0.2) is 45.4 Å². The normalized spacial score (nSPS) is 18.3. The molecule has 23 heavy (non-hydrogen) atoms. The number of phenols is 1. The highest BCUT2D eigenvalue weighted by Crippen LogP contribution is 2.26. The average Bonchev–Trinajstić information content (AvgIpc) is 2.49. The molecule has 2 rings (SSSR count). The molecule has 5 nitrogen and oxygen atoms in total.